The molecule has 0 N–H and O–H groups in total. The van der Waals surface area contributed by atoms with Crippen molar-refractivity contribution in [2.24, 2.45) is 0 Å². The van der Waals surface area contributed by atoms with Crippen molar-refractivity contribution >= 4 is 17.4 Å². The molecule has 0 fully saturated rings. The number of carbonyl (C=O) groups excluding carboxylic acids is 1. The summed E-state index contributed by atoms with van der Waals surface area (Å²) < 4.78 is 23.4. The molecule has 0 aliphatic rings. The average Bonchev–Trinajstić information content (AvgIpc) is 2.20. The SMILES string of the molecule is COc1cc(OC)c(C(C)=O)c(F)c1Cl. The molecule has 0 unspecified atom stereocenters. The molecule has 82 valence electrons. The van der Waals surface area contributed by atoms with Gasteiger partial charge in [0.05, 0.1) is 19.8 Å². The molecule has 1 aromatic rings. The molecular weight excluding hydrogens is 223 g/mol. The summed E-state index contributed by atoms with van der Waals surface area (Å²) >= 11 is 5.66. The van der Waals surface area contributed by atoms with Gasteiger partial charge in [-0.2, -0.15) is 0 Å². The maximum Gasteiger partial charge on any atom is 0.166 e. The minimum atomic E-state index is -0.819. The Morgan fingerprint density at radius 1 is 1.33 bits per heavy atom. The van der Waals surface area contributed by atoms with Crippen LogP contribution in [0.5, 0.6) is 11.5 Å². The van der Waals surface area contributed by atoms with E-state index in [2.05, 4.69) is 0 Å². The molecule has 0 atom stereocenters. The van der Waals surface area contributed by atoms with Gasteiger partial charge in [-0.25, -0.2) is 4.39 Å². The lowest BCUT2D eigenvalue weighted by molar-refractivity contribution is 0.101. The van der Waals surface area contributed by atoms with Gasteiger partial charge in [-0.3, -0.25) is 4.79 Å². The van der Waals surface area contributed by atoms with Gasteiger partial charge in [0.2, 0.25) is 0 Å². The Labute approximate surface area is 91.7 Å². The van der Waals surface area contributed by atoms with Crippen LogP contribution in [-0.4, -0.2) is 20.0 Å². The molecule has 0 radical (unpaired) electrons. The third-order valence-electron chi connectivity index (χ3n) is 1.93. The van der Waals surface area contributed by atoms with E-state index in [1.165, 1.54) is 27.2 Å². The fraction of sp³-hybridized carbons (Fsp3) is 0.300. The summed E-state index contributed by atoms with van der Waals surface area (Å²) in [6.45, 7) is 1.24. The molecule has 0 bridgehead atoms. The van der Waals surface area contributed by atoms with Gasteiger partial charge in [-0.15, -0.1) is 0 Å². The summed E-state index contributed by atoms with van der Waals surface area (Å²) in [6.07, 6.45) is 0. The first-order valence-electron chi connectivity index (χ1n) is 4.13. The fourth-order valence-electron chi connectivity index (χ4n) is 1.22. The first-order chi connectivity index (χ1) is 7.02. The monoisotopic (exact) mass is 232 g/mol. The van der Waals surface area contributed by atoms with Crippen LogP contribution >= 0.6 is 11.6 Å². The zero-order chi connectivity index (χ0) is 11.6. The Morgan fingerprint density at radius 2 is 1.87 bits per heavy atom. The summed E-state index contributed by atoms with van der Waals surface area (Å²) in [4.78, 5) is 11.2. The second-order valence-corrected chi connectivity index (χ2v) is 3.22. The number of halogens is 2. The van der Waals surface area contributed by atoms with Crippen LogP contribution in [0.1, 0.15) is 17.3 Å². The number of methoxy groups -OCH3 is 2. The van der Waals surface area contributed by atoms with E-state index < -0.39 is 11.6 Å². The van der Waals surface area contributed by atoms with Crippen molar-refractivity contribution in [3.63, 3.8) is 0 Å². The number of Topliss-reactive ketones (excluding diaryl/α,β-unsaturated/α-hetero) is 1. The van der Waals surface area contributed by atoms with Crippen LogP contribution in [0.2, 0.25) is 5.02 Å². The fourth-order valence-corrected chi connectivity index (χ4v) is 1.44. The number of ketones is 1. The maximum atomic E-state index is 13.6. The number of carbonyl (C=O) groups is 1. The van der Waals surface area contributed by atoms with E-state index in [4.69, 9.17) is 21.1 Å². The van der Waals surface area contributed by atoms with Crippen molar-refractivity contribution < 1.29 is 18.7 Å². The second kappa shape index (κ2) is 4.49. The Bertz CT molecular complexity index is 404. The summed E-state index contributed by atoms with van der Waals surface area (Å²) in [5.74, 6) is -1.02. The Hall–Kier alpha value is -1.29. The lowest BCUT2D eigenvalue weighted by atomic mass is 10.1. The number of rotatable bonds is 3. The summed E-state index contributed by atoms with van der Waals surface area (Å²) in [7, 11) is 2.70. The Kier molecular flexibility index (Phi) is 3.52. The molecule has 0 aliphatic carbocycles. The first kappa shape index (κ1) is 11.8. The van der Waals surface area contributed by atoms with E-state index in [0.29, 0.717) is 0 Å². The smallest absolute Gasteiger partial charge is 0.166 e. The molecule has 0 aromatic heterocycles. The number of hydrogen-bond donors (Lipinski definition) is 0. The van der Waals surface area contributed by atoms with Gasteiger partial charge in [0.25, 0.3) is 0 Å². The topological polar surface area (TPSA) is 35.5 Å². The highest BCUT2D eigenvalue weighted by Gasteiger charge is 2.21. The van der Waals surface area contributed by atoms with Crippen LogP contribution in [0.15, 0.2) is 6.07 Å². The largest absolute Gasteiger partial charge is 0.496 e. The lowest BCUT2D eigenvalue weighted by Gasteiger charge is -2.11. The number of hydrogen-bond acceptors (Lipinski definition) is 3. The molecule has 3 nitrogen and oxygen atoms in total. The normalized spacial score (nSPS) is 9.93. The predicted octanol–water partition coefficient (Wildman–Crippen LogP) is 2.70. The molecule has 0 heterocycles. The predicted molar refractivity (Wildman–Crippen MR) is 54.5 cm³/mol. The van der Waals surface area contributed by atoms with Gasteiger partial charge in [0, 0.05) is 6.07 Å². The van der Waals surface area contributed by atoms with Crippen molar-refractivity contribution in [2.75, 3.05) is 14.2 Å². The number of ether oxygens (including phenoxy) is 2. The van der Waals surface area contributed by atoms with Crippen LogP contribution in [0.3, 0.4) is 0 Å². The lowest BCUT2D eigenvalue weighted by Crippen LogP contribution is -2.03. The molecule has 0 aliphatic heterocycles. The van der Waals surface area contributed by atoms with Crippen molar-refractivity contribution in [1.82, 2.24) is 0 Å². The highest BCUT2D eigenvalue weighted by atomic mass is 35.5. The summed E-state index contributed by atoms with van der Waals surface area (Å²) in [5, 5.41) is -0.219. The van der Waals surface area contributed by atoms with E-state index in [1.54, 1.807) is 0 Å². The molecular formula is C10H10ClFO3. The zero-order valence-electron chi connectivity index (χ0n) is 8.56. The Balaban J connectivity index is 3.51. The standard InChI is InChI=1S/C10H10ClFO3/c1-5(13)8-6(14-2)4-7(15-3)9(11)10(8)12/h4H,1-3H3. The van der Waals surface area contributed by atoms with Gasteiger partial charge in [-0.1, -0.05) is 11.6 Å². The third kappa shape index (κ3) is 2.04. The van der Waals surface area contributed by atoms with Gasteiger partial charge in [0.15, 0.2) is 11.6 Å². The molecule has 15 heavy (non-hydrogen) atoms. The summed E-state index contributed by atoms with van der Waals surface area (Å²) in [5.41, 5.74) is -0.164. The van der Waals surface area contributed by atoms with E-state index >= 15 is 0 Å². The van der Waals surface area contributed by atoms with Crippen molar-refractivity contribution in [3.05, 3.63) is 22.5 Å². The van der Waals surface area contributed by atoms with E-state index in [-0.39, 0.29) is 22.1 Å². The van der Waals surface area contributed by atoms with Gasteiger partial charge in [-0.05, 0) is 6.92 Å². The molecule has 0 saturated carbocycles. The highest BCUT2D eigenvalue weighted by Crippen LogP contribution is 2.36. The highest BCUT2D eigenvalue weighted by molar-refractivity contribution is 6.32. The molecule has 0 saturated heterocycles. The third-order valence-corrected chi connectivity index (χ3v) is 2.28. The molecule has 0 amide bonds. The van der Waals surface area contributed by atoms with Crippen LogP contribution in [0.25, 0.3) is 0 Å². The molecule has 0 spiro atoms. The minimum absolute atomic E-state index is 0.112. The maximum absolute atomic E-state index is 13.6. The van der Waals surface area contributed by atoms with E-state index in [1.807, 2.05) is 0 Å². The van der Waals surface area contributed by atoms with Gasteiger partial charge < -0.3 is 9.47 Å². The molecule has 1 rings (SSSR count). The van der Waals surface area contributed by atoms with Crippen molar-refractivity contribution in [3.8, 4) is 11.5 Å². The van der Waals surface area contributed by atoms with Crippen LogP contribution in [0, 0.1) is 5.82 Å². The van der Waals surface area contributed by atoms with Crippen molar-refractivity contribution in [1.29, 1.82) is 0 Å². The number of benzene rings is 1. The van der Waals surface area contributed by atoms with Crippen molar-refractivity contribution in [2.45, 2.75) is 6.92 Å². The van der Waals surface area contributed by atoms with E-state index in [0.717, 1.165) is 0 Å². The average molecular weight is 233 g/mol. The Morgan fingerprint density at radius 3 is 2.27 bits per heavy atom. The van der Waals surface area contributed by atoms with Crippen LogP contribution in [0.4, 0.5) is 4.39 Å². The minimum Gasteiger partial charge on any atom is -0.496 e. The molecule has 1 aromatic carbocycles. The van der Waals surface area contributed by atoms with Crippen LogP contribution < -0.4 is 9.47 Å². The zero-order valence-corrected chi connectivity index (χ0v) is 9.31. The summed E-state index contributed by atoms with van der Waals surface area (Å²) in [6, 6.07) is 1.38. The molecule has 5 heteroatoms. The van der Waals surface area contributed by atoms with Gasteiger partial charge in [0.1, 0.15) is 16.5 Å². The van der Waals surface area contributed by atoms with E-state index in [9.17, 15) is 9.18 Å². The first-order valence-corrected chi connectivity index (χ1v) is 4.51. The second-order valence-electron chi connectivity index (χ2n) is 2.84. The van der Waals surface area contributed by atoms with Gasteiger partial charge >= 0.3 is 0 Å². The van der Waals surface area contributed by atoms with Crippen LogP contribution in [-0.2, 0) is 0 Å². The quantitative estimate of drug-likeness (QED) is 0.752.